The molecule has 0 aliphatic carbocycles. The number of aryl methyl sites for hydroxylation is 1. The summed E-state index contributed by atoms with van der Waals surface area (Å²) in [6, 6.07) is 8.29. The monoisotopic (exact) mass is 285 g/mol. The highest BCUT2D eigenvalue weighted by molar-refractivity contribution is 5.37. The molecule has 1 aromatic rings. The lowest BCUT2D eigenvalue weighted by atomic mass is 9.97. The van der Waals surface area contributed by atoms with Crippen molar-refractivity contribution in [2.24, 2.45) is 5.92 Å². The molecular weight excluding hydrogens is 258 g/mol. The molecule has 0 saturated carbocycles. The summed E-state index contributed by atoms with van der Waals surface area (Å²) in [5, 5.41) is 12.4. The number of hydrogen-bond donors (Lipinski definition) is 1. The third-order valence-electron chi connectivity index (χ3n) is 4.38. The summed E-state index contributed by atoms with van der Waals surface area (Å²) < 4.78 is 0. The van der Waals surface area contributed by atoms with Crippen molar-refractivity contribution in [1.82, 2.24) is 10.2 Å². The number of nitrogens with one attached hydrogen (secondary N) is 1. The van der Waals surface area contributed by atoms with E-state index >= 15 is 0 Å². The van der Waals surface area contributed by atoms with Gasteiger partial charge in [-0.25, -0.2) is 0 Å². The molecule has 21 heavy (non-hydrogen) atoms. The van der Waals surface area contributed by atoms with Crippen molar-refractivity contribution in [2.45, 2.75) is 39.7 Å². The molecule has 1 N–H and O–H groups in total. The molecule has 0 amide bonds. The van der Waals surface area contributed by atoms with Gasteiger partial charge in [-0.1, -0.05) is 13.0 Å². The van der Waals surface area contributed by atoms with Gasteiger partial charge in [-0.15, -0.1) is 0 Å². The van der Waals surface area contributed by atoms with E-state index in [-0.39, 0.29) is 0 Å². The molecule has 1 aliphatic heterocycles. The Hall–Kier alpha value is -1.37. The van der Waals surface area contributed by atoms with E-state index in [0.717, 1.165) is 24.6 Å². The van der Waals surface area contributed by atoms with E-state index in [1.165, 1.54) is 50.0 Å². The average Bonchev–Trinajstić information content (AvgIpc) is 2.50. The second-order valence-electron chi connectivity index (χ2n) is 6.18. The Kier molecular flexibility index (Phi) is 6.22. The Bertz CT molecular complexity index is 484. The van der Waals surface area contributed by atoms with Gasteiger partial charge in [-0.2, -0.15) is 5.26 Å². The highest BCUT2D eigenvalue weighted by atomic mass is 15.1. The fourth-order valence-corrected chi connectivity index (χ4v) is 3.16. The maximum Gasteiger partial charge on any atom is 0.0991 e. The van der Waals surface area contributed by atoms with Gasteiger partial charge in [0.05, 0.1) is 11.6 Å². The Morgan fingerprint density at radius 1 is 1.33 bits per heavy atom. The maximum absolute atomic E-state index is 8.97. The second-order valence-corrected chi connectivity index (χ2v) is 6.18. The molecule has 114 valence electrons. The van der Waals surface area contributed by atoms with E-state index in [1.807, 2.05) is 12.1 Å². The predicted octanol–water partition coefficient (Wildman–Crippen LogP) is 3.08. The third kappa shape index (κ3) is 4.84. The van der Waals surface area contributed by atoms with Crippen LogP contribution in [0.25, 0.3) is 0 Å². The number of nitrogens with zero attached hydrogens (tertiary/aromatic N) is 2. The van der Waals surface area contributed by atoms with Gasteiger partial charge in [-0.05, 0) is 75.0 Å². The van der Waals surface area contributed by atoms with Gasteiger partial charge in [-0.3, -0.25) is 4.90 Å². The minimum absolute atomic E-state index is 0.761. The van der Waals surface area contributed by atoms with E-state index < -0.39 is 0 Å². The first-order valence-electron chi connectivity index (χ1n) is 8.15. The molecule has 3 nitrogen and oxygen atoms in total. The lowest BCUT2D eigenvalue weighted by Gasteiger charge is -2.30. The van der Waals surface area contributed by atoms with Gasteiger partial charge < -0.3 is 5.32 Å². The van der Waals surface area contributed by atoms with Crippen LogP contribution in [0.3, 0.4) is 0 Å². The molecule has 0 aromatic heterocycles. The van der Waals surface area contributed by atoms with Crippen molar-refractivity contribution in [2.75, 3.05) is 26.2 Å². The first-order valence-corrected chi connectivity index (χ1v) is 8.15. The van der Waals surface area contributed by atoms with Gasteiger partial charge in [0, 0.05) is 13.1 Å². The second kappa shape index (κ2) is 8.17. The van der Waals surface area contributed by atoms with Gasteiger partial charge >= 0.3 is 0 Å². The number of hydrogen-bond acceptors (Lipinski definition) is 3. The molecule has 1 saturated heterocycles. The van der Waals surface area contributed by atoms with Crippen LogP contribution in [0.15, 0.2) is 18.2 Å². The highest BCUT2D eigenvalue weighted by Gasteiger charge is 2.17. The molecule has 1 aromatic carbocycles. The van der Waals surface area contributed by atoms with Crippen LogP contribution in [0, 0.1) is 24.2 Å². The fourth-order valence-electron chi connectivity index (χ4n) is 3.16. The van der Waals surface area contributed by atoms with E-state index in [2.05, 4.69) is 36.2 Å². The Labute approximate surface area is 129 Å². The van der Waals surface area contributed by atoms with Crippen molar-refractivity contribution in [3.63, 3.8) is 0 Å². The van der Waals surface area contributed by atoms with Crippen LogP contribution in [0.5, 0.6) is 0 Å². The smallest absolute Gasteiger partial charge is 0.0991 e. The van der Waals surface area contributed by atoms with Crippen LogP contribution < -0.4 is 5.32 Å². The summed E-state index contributed by atoms with van der Waals surface area (Å²) in [6.07, 6.45) is 3.79. The van der Waals surface area contributed by atoms with Gasteiger partial charge in [0.15, 0.2) is 0 Å². The first-order chi connectivity index (χ1) is 10.2. The van der Waals surface area contributed by atoms with E-state index in [0.29, 0.717) is 0 Å². The molecular formula is C18H27N3. The van der Waals surface area contributed by atoms with Crippen molar-refractivity contribution < 1.29 is 0 Å². The van der Waals surface area contributed by atoms with Crippen LogP contribution in [0.2, 0.25) is 0 Å². The molecule has 0 unspecified atom stereocenters. The molecule has 0 atom stereocenters. The van der Waals surface area contributed by atoms with Crippen molar-refractivity contribution >= 4 is 0 Å². The minimum Gasteiger partial charge on any atom is -0.317 e. The van der Waals surface area contributed by atoms with Gasteiger partial charge in [0.1, 0.15) is 0 Å². The van der Waals surface area contributed by atoms with Gasteiger partial charge in [0.25, 0.3) is 0 Å². The molecule has 1 fully saturated rings. The van der Waals surface area contributed by atoms with E-state index in [9.17, 15) is 0 Å². The lowest BCUT2D eigenvalue weighted by molar-refractivity contribution is 0.198. The SMILES string of the molecule is CCCN(Cc1ccc(C#N)cc1C)CC1CCNCC1. The Morgan fingerprint density at radius 3 is 2.71 bits per heavy atom. The normalized spacial score (nSPS) is 16.1. The number of piperidine rings is 1. The largest absolute Gasteiger partial charge is 0.317 e. The zero-order valence-electron chi connectivity index (χ0n) is 13.4. The van der Waals surface area contributed by atoms with Crippen molar-refractivity contribution in [3.8, 4) is 6.07 Å². The third-order valence-corrected chi connectivity index (χ3v) is 4.38. The summed E-state index contributed by atoms with van der Waals surface area (Å²) in [4.78, 5) is 2.59. The summed E-state index contributed by atoms with van der Waals surface area (Å²) in [5.74, 6) is 0.830. The summed E-state index contributed by atoms with van der Waals surface area (Å²) in [5.41, 5.74) is 3.36. The van der Waals surface area contributed by atoms with Crippen molar-refractivity contribution in [3.05, 3.63) is 34.9 Å². The molecule has 0 bridgehead atoms. The number of nitriles is 1. The van der Waals surface area contributed by atoms with Crippen LogP contribution in [0.1, 0.15) is 42.9 Å². The van der Waals surface area contributed by atoms with Crippen LogP contribution in [0.4, 0.5) is 0 Å². The molecule has 3 heteroatoms. The van der Waals surface area contributed by atoms with Gasteiger partial charge in [0.2, 0.25) is 0 Å². The zero-order valence-corrected chi connectivity index (χ0v) is 13.4. The highest BCUT2D eigenvalue weighted by Crippen LogP contribution is 2.18. The van der Waals surface area contributed by atoms with Crippen LogP contribution in [-0.4, -0.2) is 31.1 Å². The topological polar surface area (TPSA) is 39.1 Å². The predicted molar refractivity (Wildman–Crippen MR) is 87.1 cm³/mol. The zero-order chi connectivity index (χ0) is 15.1. The van der Waals surface area contributed by atoms with E-state index in [1.54, 1.807) is 0 Å². The molecule has 1 aliphatic rings. The summed E-state index contributed by atoms with van der Waals surface area (Å²) in [7, 11) is 0. The lowest BCUT2D eigenvalue weighted by Crippen LogP contribution is -2.36. The molecule has 2 rings (SSSR count). The molecule has 0 spiro atoms. The number of rotatable bonds is 6. The van der Waals surface area contributed by atoms with E-state index in [4.69, 9.17) is 5.26 Å². The minimum atomic E-state index is 0.761. The quantitative estimate of drug-likeness (QED) is 0.873. The molecule has 0 radical (unpaired) electrons. The fraction of sp³-hybridized carbons (Fsp3) is 0.611. The van der Waals surface area contributed by atoms with Crippen LogP contribution >= 0.6 is 0 Å². The summed E-state index contributed by atoms with van der Waals surface area (Å²) >= 11 is 0. The maximum atomic E-state index is 8.97. The number of benzene rings is 1. The van der Waals surface area contributed by atoms with Crippen molar-refractivity contribution in [1.29, 1.82) is 5.26 Å². The average molecular weight is 285 g/mol. The van der Waals surface area contributed by atoms with Crippen LogP contribution in [-0.2, 0) is 6.54 Å². The summed E-state index contributed by atoms with van der Waals surface area (Å²) in [6.45, 7) is 10.1. The molecule has 1 heterocycles. The Balaban J connectivity index is 1.99. The first kappa shape index (κ1) is 16.0. The Morgan fingerprint density at radius 2 is 2.10 bits per heavy atom. The standard InChI is InChI=1S/C18H27N3/c1-3-10-21(13-16-6-8-20-9-7-16)14-18-5-4-17(12-19)11-15(18)2/h4-5,11,16,20H,3,6-10,13-14H2,1-2H3.